The van der Waals surface area contributed by atoms with E-state index in [9.17, 15) is 9.59 Å². The maximum atomic E-state index is 13.0. The highest BCUT2D eigenvalue weighted by Crippen LogP contribution is 2.30. The van der Waals surface area contributed by atoms with E-state index in [1.54, 1.807) is 14.2 Å². The van der Waals surface area contributed by atoms with Gasteiger partial charge in [-0.2, -0.15) is 0 Å². The lowest BCUT2D eigenvalue weighted by molar-refractivity contribution is -0.919. The van der Waals surface area contributed by atoms with Crippen LogP contribution in [-0.4, -0.2) is 63.8 Å². The summed E-state index contributed by atoms with van der Waals surface area (Å²) in [5, 5.41) is 0. The van der Waals surface area contributed by atoms with Crippen LogP contribution in [-0.2, 0) is 20.9 Å². The van der Waals surface area contributed by atoms with Gasteiger partial charge in [0, 0.05) is 31.8 Å². The zero-order chi connectivity index (χ0) is 21.5. The van der Waals surface area contributed by atoms with Crippen LogP contribution in [0.15, 0.2) is 18.2 Å². The van der Waals surface area contributed by atoms with E-state index in [4.69, 9.17) is 14.2 Å². The average Bonchev–Trinajstić information content (AvgIpc) is 2.79. The molecule has 1 amide bonds. The fraction of sp³-hybridized carbons (Fsp3) is 0.652. The van der Waals surface area contributed by atoms with Crippen LogP contribution in [0.2, 0.25) is 0 Å². The Balaban J connectivity index is 1.48. The summed E-state index contributed by atoms with van der Waals surface area (Å²) in [5.41, 5.74) is 1.14. The molecule has 0 bridgehead atoms. The molecule has 2 aliphatic heterocycles. The average molecular weight is 420 g/mol. The Kier molecular flexibility index (Phi) is 7.96. The molecule has 0 saturated carbocycles. The number of carbonyl (C=O) groups excluding carboxylic acids is 2. The predicted molar refractivity (Wildman–Crippen MR) is 113 cm³/mol. The Morgan fingerprint density at radius 3 is 2.33 bits per heavy atom. The number of quaternary nitrogens is 1. The fourth-order valence-corrected chi connectivity index (χ4v) is 4.67. The minimum atomic E-state index is -0.116. The Labute approximate surface area is 179 Å². The van der Waals surface area contributed by atoms with Gasteiger partial charge in [-0.1, -0.05) is 6.07 Å². The van der Waals surface area contributed by atoms with Crippen LogP contribution in [0.3, 0.4) is 0 Å². The number of para-hydroxylation sites is 1. The summed E-state index contributed by atoms with van der Waals surface area (Å²) in [7, 11) is 3.33. The number of methoxy groups -OCH3 is 2. The Bertz CT molecular complexity index is 722. The third-order valence-corrected chi connectivity index (χ3v) is 6.39. The topological polar surface area (TPSA) is 69.5 Å². The Hall–Kier alpha value is -2.28. The Morgan fingerprint density at radius 2 is 1.73 bits per heavy atom. The van der Waals surface area contributed by atoms with Gasteiger partial charge in [0.1, 0.15) is 6.54 Å². The second-order valence-corrected chi connectivity index (χ2v) is 8.21. The summed E-state index contributed by atoms with van der Waals surface area (Å²) in [6, 6.07) is 5.99. The molecule has 3 rings (SSSR count). The zero-order valence-electron chi connectivity index (χ0n) is 18.4. The third-order valence-electron chi connectivity index (χ3n) is 6.39. The molecule has 2 heterocycles. The number of likely N-dealkylation sites (tertiary alicyclic amines) is 2. The first-order valence-corrected chi connectivity index (χ1v) is 11.1. The highest BCUT2D eigenvalue weighted by atomic mass is 16.5. The highest BCUT2D eigenvalue weighted by molar-refractivity contribution is 5.79. The first kappa shape index (κ1) is 22.4. The van der Waals surface area contributed by atoms with Crippen molar-refractivity contribution >= 4 is 11.9 Å². The molecule has 1 N–H and O–H groups in total. The molecule has 0 aliphatic carbocycles. The number of hydrogen-bond donors (Lipinski definition) is 1. The molecule has 1 aromatic rings. The zero-order valence-corrected chi connectivity index (χ0v) is 18.4. The van der Waals surface area contributed by atoms with Crippen LogP contribution in [0.5, 0.6) is 11.5 Å². The van der Waals surface area contributed by atoms with E-state index in [0.29, 0.717) is 32.5 Å². The minimum absolute atomic E-state index is 0.0573. The molecule has 2 aliphatic rings. The van der Waals surface area contributed by atoms with Gasteiger partial charge in [0.05, 0.1) is 45.4 Å². The van der Waals surface area contributed by atoms with Crippen LogP contribution < -0.4 is 14.4 Å². The van der Waals surface area contributed by atoms with E-state index < -0.39 is 0 Å². The van der Waals surface area contributed by atoms with E-state index in [2.05, 4.69) is 6.07 Å². The van der Waals surface area contributed by atoms with Crippen molar-refractivity contribution in [3.8, 4) is 11.5 Å². The van der Waals surface area contributed by atoms with Gasteiger partial charge in [-0.25, -0.2) is 0 Å². The monoisotopic (exact) mass is 419 g/mol. The number of nitrogens with zero attached hydrogens (tertiary/aromatic N) is 1. The number of ether oxygens (including phenoxy) is 3. The van der Waals surface area contributed by atoms with E-state index in [-0.39, 0.29) is 23.7 Å². The Morgan fingerprint density at radius 1 is 1.03 bits per heavy atom. The second kappa shape index (κ2) is 10.7. The number of carbonyl (C=O) groups is 2. The van der Waals surface area contributed by atoms with E-state index in [0.717, 1.165) is 49.5 Å². The molecular weight excluding hydrogens is 384 g/mol. The number of hydrogen-bond acceptors (Lipinski definition) is 5. The maximum absolute atomic E-state index is 13.0. The third kappa shape index (κ3) is 5.25. The van der Waals surface area contributed by atoms with Crippen molar-refractivity contribution in [1.82, 2.24) is 4.90 Å². The first-order valence-electron chi connectivity index (χ1n) is 11.1. The lowest BCUT2D eigenvalue weighted by Crippen LogP contribution is -3.11. The molecular formula is C23H35N2O5+. The first-order chi connectivity index (χ1) is 14.6. The molecule has 0 aromatic heterocycles. The summed E-state index contributed by atoms with van der Waals surface area (Å²) in [5.74, 6) is 1.74. The van der Waals surface area contributed by atoms with Gasteiger partial charge in [-0.15, -0.1) is 0 Å². The second-order valence-electron chi connectivity index (χ2n) is 8.21. The molecule has 7 heteroatoms. The molecule has 0 radical (unpaired) electrons. The van der Waals surface area contributed by atoms with E-state index in [1.807, 2.05) is 24.0 Å². The van der Waals surface area contributed by atoms with Gasteiger partial charge in [0.2, 0.25) is 5.91 Å². The summed E-state index contributed by atoms with van der Waals surface area (Å²) in [6.07, 6.45) is 3.23. The fourth-order valence-electron chi connectivity index (χ4n) is 4.67. The van der Waals surface area contributed by atoms with Crippen molar-refractivity contribution in [1.29, 1.82) is 0 Å². The molecule has 30 heavy (non-hydrogen) atoms. The van der Waals surface area contributed by atoms with E-state index >= 15 is 0 Å². The molecule has 2 fully saturated rings. The predicted octanol–water partition coefficient (Wildman–Crippen LogP) is 1.30. The number of benzene rings is 1. The van der Waals surface area contributed by atoms with Gasteiger partial charge in [-0.05, 0) is 31.9 Å². The van der Waals surface area contributed by atoms with Gasteiger partial charge in [0.15, 0.2) is 11.5 Å². The molecule has 166 valence electrons. The van der Waals surface area contributed by atoms with Crippen molar-refractivity contribution in [3.05, 3.63) is 23.8 Å². The van der Waals surface area contributed by atoms with Crippen LogP contribution in [0, 0.1) is 11.8 Å². The van der Waals surface area contributed by atoms with Gasteiger partial charge < -0.3 is 24.0 Å². The highest BCUT2D eigenvalue weighted by Gasteiger charge is 2.34. The number of piperidine rings is 2. The molecule has 1 aromatic carbocycles. The molecule has 2 saturated heterocycles. The van der Waals surface area contributed by atoms with Crippen LogP contribution in [0.4, 0.5) is 0 Å². The van der Waals surface area contributed by atoms with Crippen molar-refractivity contribution in [3.63, 3.8) is 0 Å². The largest absolute Gasteiger partial charge is 0.493 e. The van der Waals surface area contributed by atoms with Crippen LogP contribution in [0.1, 0.15) is 38.2 Å². The molecule has 0 unspecified atom stereocenters. The van der Waals surface area contributed by atoms with Gasteiger partial charge in [0.25, 0.3) is 0 Å². The van der Waals surface area contributed by atoms with Gasteiger partial charge >= 0.3 is 5.97 Å². The summed E-state index contributed by atoms with van der Waals surface area (Å²) < 4.78 is 16.1. The lowest BCUT2D eigenvalue weighted by Gasteiger charge is -2.35. The SMILES string of the molecule is CCOC(=O)C1CCN(C(=O)C2CC[NH+](Cc3cccc(OC)c3OC)CC2)CC1. The van der Waals surface area contributed by atoms with Gasteiger partial charge in [-0.3, -0.25) is 9.59 Å². The van der Waals surface area contributed by atoms with Crippen molar-refractivity contribution < 1.29 is 28.7 Å². The lowest BCUT2D eigenvalue weighted by atomic mass is 9.92. The van der Waals surface area contributed by atoms with Crippen LogP contribution >= 0.6 is 0 Å². The summed E-state index contributed by atoms with van der Waals surface area (Å²) in [6.45, 7) is 6.38. The standard InChI is InChI=1S/C23H34N2O5/c1-4-30-23(27)18-10-14-25(15-11-18)22(26)17-8-12-24(13-9-17)16-19-6-5-7-20(28-2)21(19)29-3/h5-7,17-18H,4,8-16H2,1-3H3/p+1. The molecule has 7 nitrogen and oxygen atoms in total. The van der Waals surface area contributed by atoms with Crippen molar-refractivity contribution in [2.45, 2.75) is 39.2 Å². The maximum Gasteiger partial charge on any atom is 0.309 e. The van der Waals surface area contributed by atoms with E-state index in [1.165, 1.54) is 4.90 Å². The van der Waals surface area contributed by atoms with Crippen LogP contribution in [0.25, 0.3) is 0 Å². The van der Waals surface area contributed by atoms with Crippen molar-refractivity contribution in [2.24, 2.45) is 11.8 Å². The minimum Gasteiger partial charge on any atom is -0.493 e. The number of amides is 1. The number of rotatable bonds is 7. The smallest absolute Gasteiger partial charge is 0.309 e. The normalized spacial score (nSPS) is 22.4. The quantitative estimate of drug-likeness (QED) is 0.675. The summed E-state index contributed by atoms with van der Waals surface area (Å²) >= 11 is 0. The molecule has 0 atom stereocenters. The number of nitrogens with one attached hydrogen (secondary N) is 1. The number of esters is 1. The molecule has 0 spiro atoms. The van der Waals surface area contributed by atoms with Crippen molar-refractivity contribution in [2.75, 3.05) is 47.0 Å². The summed E-state index contributed by atoms with van der Waals surface area (Å²) in [4.78, 5) is 28.3.